The summed E-state index contributed by atoms with van der Waals surface area (Å²) in [5.74, 6) is -0.625. The zero-order valence-electron chi connectivity index (χ0n) is 15.3. The highest BCUT2D eigenvalue weighted by atomic mass is 32.2. The van der Waals surface area contributed by atoms with Crippen LogP contribution in [0.1, 0.15) is 5.56 Å². The van der Waals surface area contributed by atoms with E-state index in [0.717, 1.165) is 12.1 Å². The number of rotatable bonds is 5. The minimum atomic E-state index is -3.79. The Labute approximate surface area is 167 Å². The topological polar surface area (TPSA) is 101 Å². The third kappa shape index (κ3) is 4.84. The van der Waals surface area contributed by atoms with E-state index >= 15 is 0 Å². The van der Waals surface area contributed by atoms with Crippen molar-refractivity contribution < 1.29 is 22.5 Å². The fraction of sp³-hybridized carbons (Fsp3) is 0.211. The van der Waals surface area contributed by atoms with E-state index in [-0.39, 0.29) is 48.5 Å². The Hall–Kier alpha value is -3.11. The first-order valence-corrected chi connectivity index (χ1v) is 10.2. The van der Waals surface area contributed by atoms with Gasteiger partial charge in [0.2, 0.25) is 15.9 Å². The average Bonchev–Trinajstić information content (AvgIpc) is 2.73. The zero-order chi connectivity index (χ0) is 21.0. The standard InChI is InChI=1S/C19H18FN3O5S/c20-16-4-1-15(2-5-16)3-10-19(24)21-11-13-22(14-12-21)29(27,28)18-8-6-17(7-9-18)23(25)26/h1-10H,11-14H2/b10-3+. The molecule has 2 aromatic rings. The monoisotopic (exact) mass is 419 g/mol. The molecule has 1 aliphatic heterocycles. The SMILES string of the molecule is O=C(/C=C/c1ccc(F)cc1)N1CCN(S(=O)(=O)c2ccc([N+](=O)[O-])cc2)CC1. The molecule has 0 radical (unpaired) electrons. The van der Waals surface area contributed by atoms with E-state index in [0.29, 0.717) is 5.56 Å². The summed E-state index contributed by atoms with van der Waals surface area (Å²) < 4.78 is 39.5. The van der Waals surface area contributed by atoms with Gasteiger partial charge in [-0.25, -0.2) is 12.8 Å². The maximum absolute atomic E-state index is 12.9. The first kappa shape index (κ1) is 20.6. The van der Waals surface area contributed by atoms with E-state index < -0.39 is 14.9 Å². The summed E-state index contributed by atoms with van der Waals surface area (Å²) in [5.41, 5.74) is 0.492. The van der Waals surface area contributed by atoms with Gasteiger partial charge in [-0.05, 0) is 35.9 Å². The van der Waals surface area contributed by atoms with Crippen LogP contribution >= 0.6 is 0 Å². The number of carbonyl (C=O) groups excluding carboxylic acids is 1. The van der Waals surface area contributed by atoms with Gasteiger partial charge >= 0.3 is 0 Å². The Bertz CT molecular complexity index is 1030. The van der Waals surface area contributed by atoms with E-state index in [1.165, 1.54) is 39.5 Å². The lowest BCUT2D eigenvalue weighted by atomic mass is 10.2. The molecule has 1 aliphatic rings. The minimum Gasteiger partial charge on any atom is -0.337 e. The molecule has 3 rings (SSSR count). The number of amides is 1. The van der Waals surface area contributed by atoms with Crippen LogP contribution in [0, 0.1) is 15.9 Å². The van der Waals surface area contributed by atoms with Crippen molar-refractivity contribution in [3.05, 3.63) is 76.1 Å². The van der Waals surface area contributed by atoms with E-state index in [1.807, 2.05) is 0 Å². The van der Waals surface area contributed by atoms with Crippen LogP contribution in [0.15, 0.2) is 59.5 Å². The number of non-ortho nitro benzene ring substituents is 1. The van der Waals surface area contributed by atoms with E-state index in [4.69, 9.17) is 0 Å². The van der Waals surface area contributed by atoms with Crippen LogP contribution < -0.4 is 0 Å². The zero-order valence-corrected chi connectivity index (χ0v) is 16.1. The highest BCUT2D eigenvalue weighted by molar-refractivity contribution is 7.89. The first-order valence-electron chi connectivity index (χ1n) is 8.74. The summed E-state index contributed by atoms with van der Waals surface area (Å²) in [6.07, 6.45) is 2.94. The van der Waals surface area contributed by atoms with Crippen molar-refractivity contribution in [3.8, 4) is 0 Å². The second-order valence-corrected chi connectivity index (χ2v) is 8.30. The third-order valence-electron chi connectivity index (χ3n) is 4.52. The van der Waals surface area contributed by atoms with Gasteiger partial charge in [-0.3, -0.25) is 14.9 Å². The number of hydrogen-bond donors (Lipinski definition) is 0. The number of benzene rings is 2. The van der Waals surface area contributed by atoms with Crippen molar-refractivity contribution in [1.82, 2.24) is 9.21 Å². The van der Waals surface area contributed by atoms with Crippen molar-refractivity contribution in [1.29, 1.82) is 0 Å². The van der Waals surface area contributed by atoms with Crippen LogP contribution in [0.2, 0.25) is 0 Å². The molecule has 0 N–H and O–H groups in total. The Balaban J connectivity index is 1.61. The molecule has 0 spiro atoms. The van der Waals surface area contributed by atoms with Crippen LogP contribution in [0.4, 0.5) is 10.1 Å². The maximum Gasteiger partial charge on any atom is 0.269 e. The molecule has 0 atom stereocenters. The highest BCUT2D eigenvalue weighted by Gasteiger charge is 2.29. The fourth-order valence-electron chi connectivity index (χ4n) is 2.88. The van der Waals surface area contributed by atoms with Gasteiger partial charge in [0, 0.05) is 44.4 Å². The smallest absolute Gasteiger partial charge is 0.269 e. The summed E-state index contributed by atoms with van der Waals surface area (Å²) in [6.45, 7) is 0.683. The van der Waals surface area contributed by atoms with Crippen molar-refractivity contribution >= 4 is 27.7 Å². The second kappa shape index (κ2) is 8.50. The van der Waals surface area contributed by atoms with Gasteiger partial charge in [0.25, 0.3) is 5.69 Å². The molecular weight excluding hydrogens is 401 g/mol. The van der Waals surface area contributed by atoms with Crippen LogP contribution in [0.5, 0.6) is 0 Å². The summed E-state index contributed by atoms with van der Waals surface area (Å²) in [6, 6.07) is 10.4. The number of piperazine rings is 1. The molecule has 29 heavy (non-hydrogen) atoms. The number of hydrogen-bond acceptors (Lipinski definition) is 5. The molecule has 0 aromatic heterocycles. The number of nitro benzene ring substituents is 1. The molecule has 0 saturated carbocycles. The van der Waals surface area contributed by atoms with Crippen molar-refractivity contribution in [2.24, 2.45) is 0 Å². The second-order valence-electron chi connectivity index (χ2n) is 6.37. The van der Waals surface area contributed by atoms with Gasteiger partial charge in [0.05, 0.1) is 9.82 Å². The van der Waals surface area contributed by atoms with E-state index in [2.05, 4.69) is 0 Å². The Morgan fingerprint density at radius 3 is 2.14 bits per heavy atom. The summed E-state index contributed by atoms with van der Waals surface area (Å²) in [7, 11) is -3.79. The number of halogens is 1. The molecule has 1 fully saturated rings. The van der Waals surface area contributed by atoms with Crippen LogP contribution in [0.25, 0.3) is 6.08 Å². The lowest BCUT2D eigenvalue weighted by Crippen LogP contribution is -2.50. The van der Waals surface area contributed by atoms with Crippen molar-refractivity contribution in [3.63, 3.8) is 0 Å². The lowest BCUT2D eigenvalue weighted by molar-refractivity contribution is -0.384. The van der Waals surface area contributed by atoms with Crippen molar-refractivity contribution in [2.75, 3.05) is 26.2 Å². The molecule has 1 amide bonds. The molecular formula is C19H18FN3O5S. The molecule has 0 aliphatic carbocycles. The van der Waals surface area contributed by atoms with Gasteiger partial charge in [-0.2, -0.15) is 4.31 Å². The van der Waals surface area contributed by atoms with E-state index in [1.54, 1.807) is 18.2 Å². The first-order chi connectivity index (χ1) is 13.8. The molecule has 1 saturated heterocycles. The molecule has 0 unspecified atom stereocenters. The lowest BCUT2D eigenvalue weighted by Gasteiger charge is -2.33. The predicted octanol–water partition coefficient (Wildman–Crippen LogP) is 2.28. The maximum atomic E-state index is 12.9. The van der Waals surface area contributed by atoms with E-state index in [9.17, 15) is 27.7 Å². The van der Waals surface area contributed by atoms with Gasteiger partial charge < -0.3 is 4.90 Å². The molecule has 0 bridgehead atoms. The molecule has 10 heteroatoms. The fourth-order valence-corrected chi connectivity index (χ4v) is 4.31. The van der Waals surface area contributed by atoms with Gasteiger partial charge in [-0.15, -0.1) is 0 Å². The minimum absolute atomic E-state index is 0.0286. The number of sulfonamides is 1. The summed E-state index contributed by atoms with van der Waals surface area (Å²) in [4.78, 5) is 23.9. The quantitative estimate of drug-likeness (QED) is 0.420. The van der Waals surface area contributed by atoms with Crippen LogP contribution in [-0.2, 0) is 14.8 Å². The summed E-state index contributed by atoms with van der Waals surface area (Å²) >= 11 is 0. The summed E-state index contributed by atoms with van der Waals surface area (Å²) in [5, 5.41) is 10.7. The molecule has 152 valence electrons. The Kier molecular flexibility index (Phi) is 6.04. The van der Waals surface area contributed by atoms with Crippen LogP contribution in [0.3, 0.4) is 0 Å². The Morgan fingerprint density at radius 1 is 1.00 bits per heavy atom. The van der Waals surface area contributed by atoms with Crippen molar-refractivity contribution in [2.45, 2.75) is 4.90 Å². The molecule has 1 heterocycles. The van der Waals surface area contributed by atoms with Crippen LogP contribution in [-0.4, -0.2) is 54.6 Å². The third-order valence-corrected chi connectivity index (χ3v) is 6.44. The average molecular weight is 419 g/mol. The number of nitro groups is 1. The highest BCUT2D eigenvalue weighted by Crippen LogP contribution is 2.21. The Morgan fingerprint density at radius 2 is 1.59 bits per heavy atom. The predicted molar refractivity (Wildman–Crippen MR) is 104 cm³/mol. The largest absolute Gasteiger partial charge is 0.337 e. The van der Waals surface area contributed by atoms with Gasteiger partial charge in [-0.1, -0.05) is 12.1 Å². The van der Waals surface area contributed by atoms with Gasteiger partial charge in [0.1, 0.15) is 5.82 Å². The molecule has 2 aromatic carbocycles. The van der Waals surface area contributed by atoms with Gasteiger partial charge in [0.15, 0.2) is 0 Å². The number of carbonyl (C=O) groups is 1. The molecule has 8 nitrogen and oxygen atoms in total. The number of nitrogens with zero attached hydrogens (tertiary/aromatic N) is 3. The normalized spacial score (nSPS) is 15.6.